The molecule has 0 bridgehead atoms. The second kappa shape index (κ2) is 6.62. The highest BCUT2D eigenvalue weighted by atomic mass is 32.2. The van der Waals surface area contributed by atoms with E-state index in [1.807, 2.05) is 66.7 Å². The SMILES string of the molecule is COC(=O)C(Sc1ccc2ccccc2n1)c1ccccc1. The Kier molecular flexibility index (Phi) is 4.39. The van der Waals surface area contributed by atoms with Gasteiger partial charge in [0.05, 0.1) is 17.7 Å². The molecule has 0 amide bonds. The number of fused-ring (bicyclic) bond motifs is 1. The van der Waals surface area contributed by atoms with Gasteiger partial charge in [0.1, 0.15) is 5.25 Å². The Balaban J connectivity index is 1.93. The standard InChI is InChI=1S/C18H15NO2S/c1-21-18(20)17(14-8-3-2-4-9-14)22-16-12-11-13-7-5-6-10-15(13)19-16/h2-12,17H,1H3. The summed E-state index contributed by atoms with van der Waals surface area (Å²) in [6, 6.07) is 21.5. The van der Waals surface area contributed by atoms with E-state index in [0.29, 0.717) is 0 Å². The van der Waals surface area contributed by atoms with E-state index in [-0.39, 0.29) is 5.97 Å². The third kappa shape index (κ3) is 3.12. The molecule has 1 aromatic heterocycles. The topological polar surface area (TPSA) is 39.2 Å². The summed E-state index contributed by atoms with van der Waals surface area (Å²) in [4.78, 5) is 16.7. The lowest BCUT2D eigenvalue weighted by Crippen LogP contribution is -2.11. The quantitative estimate of drug-likeness (QED) is 0.534. The highest BCUT2D eigenvalue weighted by Gasteiger charge is 2.23. The van der Waals surface area contributed by atoms with Crippen molar-refractivity contribution in [2.75, 3.05) is 7.11 Å². The molecule has 3 aromatic rings. The average Bonchev–Trinajstić information content (AvgIpc) is 2.59. The third-order valence-electron chi connectivity index (χ3n) is 3.33. The Morgan fingerprint density at radius 2 is 1.73 bits per heavy atom. The van der Waals surface area contributed by atoms with Crippen LogP contribution in [-0.2, 0) is 9.53 Å². The van der Waals surface area contributed by atoms with E-state index in [1.54, 1.807) is 0 Å². The van der Waals surface area contributed by atoms with Crippen LogP contribution < -0.4 is 0 Å². The first-order valence-corrected chi connectivity index (χ1v) is 7.81. The fourth-order valence-corrected chi connectivity index (χ4v) is 3.25. The van der Waals surface area contributed by atoms with E-state index >= 15 is 0 Å². The van der Waals surface area contributed by atoms with Crippen LogP contribution in [0.3, 0.4) is 0 Å². The highest BCUT2D eigenvalue weighted by molar-refractivity contribution is 8.00. The smallest absolute Gasteiger partial charge is 0.323 e. The summed E-state index contributed by atoms with van der Waals surface area (Å²) in [6.07, 6.45) is 0. The van der Waals surface area contributed by atoms with Crippen molar-refractivity contribution < 1.29 is 9.53 Å². The van der Waals surface area contributed by atoms with E-state index in [1.165, 1.54) is 18.9 Å². The number of aromatic nitrogens is 1. The van der Waals surface area contributed by atoms with Gasteiger partial charge in [0.15, 0.2) is 0 Å². The van der Waals surface area contributed by atoms with Crippen molar-refractivity contribution in [1.82, 2.24) is 4.98 Å². The number of esters is 1. The maximum atomic E-state index is 12.1. The fourth-order valence-electron chi connectivity index (χ4n) is 2.22. The molecular formula is C18H15NO2S. The number of rotatable bonds is 4. The van der Waals surface area contributed by atoms with Crippen LogP contribution in [-0.4, -0.2) is 18.1 Å². The summed E-state index contributed by atoms with van der Waals surface area (Å²) in [5.41, 5.74) is 1.83. The molecule has 0 saturated carbocycles. The molecule has 4 heteroatoms. The number of thioether (sulfide) groups is 1. The van der Waals surface area contributed by atoms with Crippen LogP contribution in [0.4, 0.5) is 0 Å². The van der Waals surface area contributed by atoms with Gasteiger partial charge in [-0.15, -0.1) is 0 Å². The van der Waals surface area contributed by atoms with Crippen LogP contribution in [0.5, 0.6) is 0 Å². The summed E-state index contributed by atoms with van der Waals surface area (Å²) >= 11 is 1.40. The van der Waals surface area contributed by atoms with E-state index in [2.05, 4.69) is 4.98 Å². The molecular weight excluding hydrogens is 294 g/mol. The normalized spacial score (nSPS) is 12.0. The molecule has 1 heterocycles. The zero-order chi connectivity index (χ0) is 15.4. The second-order valence-corrected chi connectivity index (χ2v) is 5.90. The number of pyridine rings is 1. The molecule has 0 fully saturated rings. The van der Waals surface area contributed by atoms with Gasteiger partial charge >= 0.3 is 5.97 Å². The molecule has 3 rings (SSSR count). The lowest BCUT2D eigenvalue weighted by molar-refractivity contribution is -0.140. The maximum Gasteiger partial charge on any atom is 0.323 e. The third-order valence-corrected chi connectivity index (χ3v) is 4.50. The van der Waals surface area contributed by atoms with Gasteiger partial charge in [-0.2, -0.15) is 0 Å². The maximum absolute atomic E-state index is 12.1. The Morgan fingerprint density at radius 3 is 2.50 bits per heavy atom. The van der Waals surface area contributed by atoms with Gasteiger partial charge in [-0.3, -0.25) is 4.79 Å². The van der Waals surface area contributed by atoms with E-state index in [9.17, 15) is 4.79 Å². The van der Waals surface area contributed by atoms with Crippen molar-refractivity contribution in [2.45, 2.75) is 10.3 Å². The molecule has 3 nitrogen and oxygen atoms in total. The number of para-hydroxylation sites is 1. The van der Waals surface area contributed by atoms with Crippen molar-refractivity contribution in [3.05, 3.63) is 72.3 Å². The van der Waals surface area contributed by atoms with E-state index in [0.717, 1.165) is 21.5 Å². The molecule has 1 atom stereocenters. The van der Waals surface area contributed by atoms with Crippen LogP contribution >= 0.6 is 11.8 Å². The molecule has 22 heavy (non-hydrogen) atoms. The van der Waals surface area contributed by atoms with Gasteiger partial charge in [-0.25, -0.2) is 4.98 Å². The molecule has 0 saturated heterocycles. The van der Waals surface area contributed by atoms with Gasteiger partial charge in [0, 0.05) is 5.39 Å². The number of hydrogen-bond donors (Lipinski definition) is 0. The van der Waals surface area contributed by atoms with Crippen LogP contribution in [0.1, 0.15) is 10.8 Å². The first-order chi connectivity index (χ1) is 10.8. The number of carbonyl (C=O) groups excluding carboxylic acids is 1. The minimum absolute atomic E-state index is 0.272. The minimum atomic E-state index is -0.417. The Bertz CT molecular complexity index is 789. The summed E-state index contributed by atoms with van der Waals surface area (Å²) in [7, 11) is 1.41. The zero-order valence-corrected chi connectivity index (χ0v) is 12.9. The molecule has 0 aliphatic rings. The Labute approximate surface area is 133 Å². The van der Waals surface area contributed by atoms with Gasteiger partial charge in [-0.1, -0.05) is 66.4 Å². The molecule has 0 spiro atoms. The van der Waals surface area contributed by atoms with Gasteiger partial charge in [0.2, 0.25) is 0 Å². The first-order valence-electron chi connectivity index (χ1n) is 6.93. The largest absolute Gasteiger partial charge is 0.468 e. The number of nitrogens with zero attached hydrogens (tertiary/aromatic N) is 1. The van der Waals surface area contributed by atoms with Crippen LogP contribution in [0.15, 0.2) is 71.8 Å². The van der Waals surface area contributed by atoms with Gasteiger partial charge in [0.25, 0.3) is 0 Å². The van der Waals surface area contributed by atoms with Crippen molar-refractivity contribution in [2.24, 2.45) is 0 Å². The molecule has 110 valence electrons. The number of methoxy groups -OCH3 is 1. The first kappa shape index (κ1) is 14.6. The fraction of sp³-hybridized carbons (Fsp3) is 0.111. The van der Waals surface area contributed by atoms with E-state index in [4.69, 9.17) is 4.74 Å². The number of benzene rings is 2. The van der Waals surface area contributed by atoms with Crippen LogP contribution in [0, 0.1) is 0 Å². The average molecular weight is 309 g/mol. The lowest BCUT2D eigenvalue weighted by atomic mass is 10.1. The Hall–Kier alpha value is -2.33. The van der Waals surface area contributed by atoms with Crippen molar-refractivity contribution in [1.29, 1.82) is 0 Å². The predicted octanol–water partition coefficient (Wildman–Crippen LogP) is 4.24. The molecule has 0 aliphatic heterocycles. The number of hydrogen-bond acceptors (Lipinski definition) is 4. The summed E-state index contributed by atoms with van der Waals surface area (Å²) in [5.74, 6) is -0.272. The number of carbonyl (C=O) groups is 1. The van der Waals surface area contributed by atoms with Crippen LogP contribution in [0.2, 0.25) is 0 Å². The number of ether oxygens (including phenoxy) is 1. The molecule has 2 aromatic carbocycles. The molecule has 0 aliphatic carbocycles. The van der Waals surface area contributed by atoms with Gasteiger partial charge in [-0.05, 0) is 17.7 Å². The predicted molar refractivity (Wildman–Crippen MR) is 88.8 cm³/mol. The zero-order valence-electron chi connectivity index (χ0n) is 12.1. The Morgan fingerprint density at radius 1 is 1.00 bits per heavy atom. The summed E-state index contributed by atoms with van der Waals surface area (Å²) in [5, 5.41) is 1.47. The molecule has 0 N–H and O–H groups in total. The van der Waals surface area contributed by atoms with Crippen molar-refractivity contribution in [3.8, 4) is 0 Å². The monoisotopic (exact) mass is 309 g/mol. The minimum Gasteiger partial charge on any atom is -0.468 e. The summed E-state index contributed by atoms with van der Waals surface area (Å²) < 4.78 is 4.94. The second-order valence-electron chi connectivity index (χ2n) is 4.77. The molecule has 0 radical (unpaired) electrons. The van der Waals surface area contributed by atoms with Gasteiger partial charge < -0.3 is 4.74 Å². The molecule has 1 unspecified atom stereocenters. The van der Waals surface area contributed by atoms with Crippen molar-refractivity contribution >= 4 is 28.6 Å². The highest BCUT2D eigenvalue weighted by Crippen LogP contribution is 2.35. The van der Waals surface area contributed by atoms with E-state index < -0.39 is 5.25 Å². The summed E-state index contributed by atoms with van der Waals surface area (Å²) in [6.45, 7) is 0. The van der Waals surface area contributed by atoms with Crippen molar-refractivity contribution in [3.63, 3.8) is 0 Å². The van der Waals surface area contributed by atoms with Crippen LogP contribution in [0.25, 0.3) is 10.9 Å². The lowest BCUT2D eigenvalue weighted by Gasteiger charge is -2.14.